The van der Waals surface area contributed by atoms with Crippen molar-refractivity contribution >= 4 is 11.8 Å². The molecule has 2 aliphatic rings. The topological polar surface area (TPSA) is 62.3 Å². The molecule has 0 aromatic heterocycles. The molecule has 2 saturated heterocycles. The summed E-state index contributed by atoms with van der Waals surface area (Å²) in [6.45, 7) is 3.20. The van der Waals surface area contributed by atoms with Gasteiger partial charge in [-0.3, -0.25) is 14.5 Å². The Labute approximate surface area is 239 Å². The lowest BCUT2D eigenvalue weighted by atomic mass is 9.96. The molecule has 3 aromatic carbocycles. The molecular formula is C32H35F2N3O4. The molecule has 0 bridgehead atoms. The molecule has 0 spiro atoms. The minimum Gasteiger partial charge on any atom is -0.493 e. The fraction of sp³-hybridized carbons (Fsp3) is 0.375. The highest BCUT2D eigenvalue weighted by molar-refractivity contribution is 5.89. The first-order chi connectivity index (χ1) is 19.9. The molecule has 216 valence electrons. The zero-order chi connectivity index (χ0) is 28.9. The Bertz CT molecular complexity index is 1310. The van der Waals surface area contributed by atoms with Crippen LogP contribution in [-0.4, -0.2) is 80.0 Å². The number of benzene rings is 3. The summed E-state index contributed by atoms with van der Waals surface area (Å²) < 4.78 is 38.0. The fourth-order valence-electron chi connectivity index (χ4n) is 5.82. The average molecular weight is 564 g/mol. The van der Waals surface area contributed by atoms with Crippen molar-refractivity contribution in [2.75, 3.05) is 53.5 Å². The van der Waals surface area contributed by atoms with Crippen LogP contribution >= 0.6 is 0 Å². The van der Waals surface area contributed by atoms with E-state index in [0.29, 0.717) is 57.2 Å². The smallest absolute Gasteiger partial charge is 0.228 e. The van der Waals surface area contributed by atoms with E-state index in [2.05, 4.69) is 4.90 Å². The third-order valence-corrected chi connectivity index (χ3v) is 8.04. The van der Waals surface area contributed by atoms with Gasteiger partial charge in [-0.05, 0) is 59.5 Å². The van der Waals surface area contributed by atoms with E-state index in [4.69, 9.17) is 9.47 Å². The molecule has 0 unspecified atom stereocenters. The van der Waals surface area contributed by atoms with Gasteiger partial charge in [-0.25, -0.2) is 8.78 Å². The van der Waals surface area contributed by atoms with Gasteiger partial charge >= 0.3 is 0 Å². The van der Waals surface area contributed by atoms with Crippen LogP contribution < -0.4 is 9.47 Å². The van der Waals surface area contributed by atoms with Crippen molar-refractivity contribution in [1.82, 2.24) is 14.7 Å². The Kier molecular flexibility index (Phi) is 8.83. The van der Waals surface area contributed by atoms with E-state index >= 15 is 0 Å². The van der Waals surface area contributed by atoms with Gasteiger partial charge in [0.2, 0.25) is 11.8 Å². The maximum atomic E-state index is 13.6. The number of carbonyl (C=O) groups excluding carboxylic acids is 2. The largest absolute Gasteiger partial charge is 0.493 e. The van der Waals surface area contributed by atoms with Crippen LogP contribution in [0, 0.1) is 17.6 Å². The molecule has 2 heterocycles. The van der Waals surface area contributed by atoms with Crippen molar-refractivity contribution in [3.8, 4) is 11.5 Å². The number of halogens is 2. The van der Waals surface area contributed by atoms with Crippen LogP contribution in [-0.2, 0) is 16.0 Å². The van der Waals surface area contributed by atoms with Crippen molar-refractivity contribution in [1.29, 1.82) is 0 Å². The number of rotatable bonds is 9. The van der Waals surface area contributed by atoms with Crippen LogP contribution in [0.25, 0.3) is 0 Å². The third-order valence-electron chi connectivity index (χ3n) is 8.04. The molecule has 2 fully saturated rings. The number of hydrogen-bond acceptors (Lipinski definition) is 5. The van der Waals surface area contributed by atoms with Gasteiger partial charge in [0, 0.05) is 45.7 Å². The highest BCUT2D eigenvalue weighted by Gasteiger charge is 2.38. The summed E-state index contributed by atoms with van der Waals surface area (Å²) in [5.74, 6) is 0.315. The predicted octanol–water partition coefficient (Wildman–Crippen LogP) is 4.31. The van der Waals surface area contributed by atoms with E-state index in [1.807, 2.05) is 23.1 Å². The number of nitrogens with zero attached hydrogens (tertiary/aromatic N) is 3. The van der Waals surface area contributed by atoms with Crippen LogP contribution in [0.4, 0.5) is 8.78 Å². The standard InChI is InChI=1S/C32H35F2N3O4/c1-40-28-12-3-22(19-29(28)41-2)13-14-37-21-25(20-30(37)38)32(39)36-17-15-35(16-18-36)31(23-4-8-26(33)9-5-23)24-6-10-27(34)11-7-24/h3-12,19,25,31H,13-18,20-21H2,1-2H3/t25-/m0/s1. The molecule has 41 heavy (non-hydrogen) atoms. The molecule has 0 radical (unpaired) electrons. The molecule has 1 atom stereocenters. The molecule has 0 N–H and O–H groups in total. The van der Waals surface area contributed by atoms with Gasteiger partial charge < -0.3 is 19.3 Å². The molecule has 3 aromatic rings. The van der Waals surface area contributed by atoms with E-state index in [9.17, 15) is 18.4 Å². The fourth-order valence-corrected chi connectivity index (χ4v) is 5.82. The first kappa shape index (κ1) is 28.5. The highest BCUT2D eigenvalue weighted by atomic mass is 19.1. The van der Waals surface area contributed by atoms with Gasteiger partial charge in [-0.15, -0.1) is 0 Å². The third kappa shape index (κ3) is 6.51. The van der Waals surface area contributed by atoms with E-state index in [-0.39, 0.29) is 41.8 Å². The maximum absolute atomic E-state index is 13.6. The Morgan fingerprint density at radius 1 is 0.854 bits per heavy atom. The molecule has 7 nitrogen and oxygen atoms in total. The van der Waals surface area contributed by atoms with Gasteiger partial charge in [0.25, 0.3) is 0 Å². The minimum atomic E-state index is -0.357. The number of hydrogen-bond donors (Lipinski definition) is 0. The second-order valence-electron chi connectivity index (χ2n) is 10.5. The van der Waals surface area contributed by atoms with Gasteiger partial charge in [-0.1, -0.05) is 30.3 Å². The van der Waals surface area contributed by atoms with E-state index in [1.54, 1.807) is 43.4 Å². The lowest BCUT2D eigenvalue weighted by Crippen LogP contribution is -2.51. The molecule has 2 amide bonds. The van der Waals surface area contributed by atoms with Crippen molar-refractivity contribution < 1.29 is 27.8 Å². The minimum absolute atomic E-state index is 0.00449. The Morgan fingerprint density at radius 2 is 1.44 bits per heavy atom. The number of carbonyl (C=O) groups is 2. The number of amides is 2. The van der Waals surface area contributed by atoms with Crippen molar-refractivity contribution in [2.24, 2.45) is 5.92 Å². The molecular weight excluding hydrogens is 528 g/mol. The summed E-state index contributed by atoms with van der Waals surface area (Å²) in [4.78, 5) is 32.0. The number of ether oxygens (including phenoxy) is 2. The summed E-state index contributed by atoms with van der Waals surface area (Å²) in [5.41, 5.74) is 2.84. The van der Waals surface area contributed by atoms with Crippen LogP contribution in [0.2, 0.25) is 0 Å². The Morgan fingerprint density at radius 3 is 2.00 bits per heavy atom. The normalized spacial score (nSPS) is 17.8. The highest BCUT2D eigenvalue weighted by Crippen LogP contribution is 2.31. The van der Waals surface area contributed by atoms with Crippen LogP contribution in [0.5, 0.6) is 11.5 Å². The first-order valence-electron chi connectivity index (χ1n) is 13.9. The van der Waals surface area contributed by atoms with Crippen molar-refractivity contribution in [3.05, 3.63) is 95.1 Å². The maximum Gasteiger partial charge on any atom is 0.228 e. The monoisotopic (exact) mass is 563 g/mol. The Balaban J connectivity index is 1.19. The zero-order valence-electron chi connectivity index (χ0n) is 23.4. The molecule has 5 rings (SSSR count). The average Bonchev–Trinajstić information content (AvgIpc) is 3.38. The van der Waals surface area contributed by atoms with Gasteiger partial charge in [0.15, 0.2) is 11.5 Å². The van der Waals surface area contributed by atoms with Gasteiger partial charge in [-0.2, -0.15) is 0 Å². The van der Waals surface area contributed by atoms with Crippen LogP contribution in [0.3, 0.4) is 0 Å². The lowest BCUT2D eigenvalue weighted by molar-refractivity contribution is -0.137. The Hall–Kier alpha value is -3.98. The summed E-state index contributed by atoms with van der Waals surface area (Å²) >= 11 is 0. The molecule has 0 saturated carbocycles. The summed E-state index contributed by atoms with van der Waals surface area (Å²) in [6, 6.07) is 18.3. The summed E-state index contributed by atoms with van der Waals surface area (Å²) in [7, 11) is 3.18. The van der Waals surface area contributed by atoms with Gasteiger partial charge in [0.05, 0.1) is 26.2 Å². The number of likely N-dealkylation sites (tertiary alicyclic amines) is 1. The van der Waals surface area contributed by atoms with E-state index in [1.165, 1.54) is 24.3 Å². The van der Waals surface area contributed by atoms with Gasteiger partial charge in [0.1, 0.15) is 11.6 Å². The second-order valence-corrected chi connectivity index (χ2v) is 10.5. The molecule has 2 aliphatic heterocycles. The quantitative estimate of drug-likeness (QED) is 0.389. The second kappa shape index (κ2) is 12.7. The SMILES string of the molecule is COc1ccc(CCN2C[C@@H](C(=O)N3CCN(C(c4ccc(F)cc4)c4ccc(F)cc4)CC3)CC2=O)cc1OC. The lowest BCUT2D eigenvalue weighted by Gasteiger charge is -2.40. The molecule has 9 heteroatoms. The number of piperazine rings is 1. The van der Waals surface area contributed by atoms with Crippen molar-refractivity contribution in [3.63, 3.8) is 0 Å². The van der Waals surface area contributed by atoms with Crippen molar-refractivity contribution in [2.45, 2.75) is 18.9 Å². The van der Waals surface area contributed by atoms with E-state index < -0.39 is 0 Å². The summed E-state index contributed by atoms with van der Waals surface area (Å²) in [6.07, 6.45) is 0.874. The van der Waals surface area contributed by atoms with E-state index in [0.717, 1.165) is 16.7 Å². The molecule has 0 aliphatic carbocycles. The summed E-state index contributed by atoms with van der Waals surface area (Å²) in [5, 5.41) is 0. The number of methoxy groups -OCH3 is 2. The first-order valence-corrected chi connectivity index (χ1v) is 13.9. The zero-order valence-corrected chi connectivity index (χ0v) is 23.4. The van der Waals surface area contributed by atoms with Crippen LogP contribution in [0.1, 0.15) is 29.2 Å². The van der Waals surface area contributed by atoms with Crippen LogP contribution in [0.15, 0.2) is 66.7 Å². The predicted molar refractivity (Wildman–Crippen MR) is 151 cm³/mol.